The van der Waals surface area contributed by atoms with E-state index in [0.29, 0.717) is 39.2 Å². The van der Waals surface area contributed by atoms with Crippen LogP contribution in [0.25, 0.3) is 10.8 Å². The minimum Gasteiger partial charge on any atom is -0.491 e. The van der Waals surface area contributed by atoms with E-state index >= 15 is 0 Å². The zero-order valence-electron chi connectivity index (χ0n) is 15.9. The van der Waals surface area contributed by atoms with Crippen LogP contribution in [0.3, 0.4) is 0 Å². The van der Waals surface area contributed by atoms with Gasteiger partial charge in [-0.15, -0.1) is 0 Å². The van der Waals surface area contributed by atoms with Crippen molar-refractivity contribution >= 4 is 16.7 Å². The van der Waals surface area contributed by atoms with Gasteiger partial charge in [-0.25, -0.2) is 0 Å². The third-order valence-electron chi connectivity index (χ3n) is 5.50. The minimum atomic E-state index is -0.515. The van der Waals surface area contributed by atoms with Gasteiger partial charge >= 0.3 is 0 Å². The van der Waals surface area contributed by atoms with E-state index in [0.717, 1.165) is 22.1 Å². The van der Waals surface area contributed by atoms with Crippen LogP contribution < -0.4 is 10.1 Å². The van der Waals surface area contributed by atoms with Crippen LogP contribution in [0.5, 0.6) is 5.75 Å². The summed E-state index contributed by atoms with van der Waals surface area (Å²) in [5, 5.41) is 5.32. The molecule has 1 heterocycles. The first-order valence-electron chi connectivity index (χ1n) is 9.82. The van der Waals surface area contributed by atoms with Gasteiger partial charge in [0.25, 0.3) is 0 Å². The minimum absolute atomic E-state index is 0.0588. The number of carbonyl (C=O) groups is 1. The second-order valence-corrected chi connectivity index (χ2v) is 7.14. The molecule has 0 aromatic heterocycles. The molecule has 4 rings (SSSR count). The second-order valence-electron chi connectivity index (χ2n) is 7.14. The van der Waals surface area contributed by atoms with Gasteiger partial charge in [0.1, 0.15) is 12.4 Å². The summed E-state index contributed by atoms with van der Waals surface area (Å²) in [6.45, 7) is 2.11. The standard InChI is InChI=1S/C24H25NO3/c26-23(24(13-16-27-17-14-24)20-9-2-1-3-10-20)25-15-18-28-22-12-6-8-19-7-4-5-11-21(19)22/h1-12H,13-18H2,(H,25,26). The quantitative estimate of drug-likeness (QED) is 0.661. The lowest BCUT2D eigenvalue weighted by molar-refractivity contribution is -0.130. The van der Waals surface area contributed by atoms with Gasteiger partial charge in [0.2, 0.25) is 5.91 Å². The molecule has 0 unspecified atom stereocenters. The second kappa shape index (κ2) is 8.44. The van der Waals surface area contributed by atoms with E-state index in [1.165, 1.54) is 0 Å². The molecule has 0 spiro atoms. The summed E-state index contributed by atoms with van der Waals surface area (Å²) >= 11 is 0. The van der Waals surface area contributed by atoms with E-state index in [1.54, 1.807) is 0 Å². The third-order valence-corrected chi connectivity index (χ3v) is 5.50. The summed E-state index contributed by atoms with van der Waals surface area (Å²) in [4.78, 5) is 13.1. The van der Waals surface area contributed by atoms with Crippen LogP contribution in [-0.2, 0) is 14.9 Å². The van der Waals surface area contributed by atoms with Crippen LogP contribution in [0.15, 0.2) is 72.8 Å². The Bertz CT molecular complexity index is 927. The van der Waals surface area contributed by atoms with Crippen LogP contribution in [0.2, 0.25) is 0 Å². The number of hydrogen-bond acceptors (Lipinski definition) is 3. The van der Waals surface area contributed by atoms with Crippen LogP contribution in [0.1, 0.15) is 18.4 Å². The molecule has 1 aliphatic rings. The van der Waals surface area contributed by atoms with Crippen molar-refractivity contribution in [3.05, 3.63) is 78.4 Å². The smallest absolute Gasteiger partial charge is 0.230 e. The normalized spacial score (nSPS) is 15.9. The molecule has 1 fully saturated rings. The van der Waals surface area contributed by atoms with E-state index < -0.39 is 5.41 Å². The number of benzene rings is 3. The van der Waals surface area contributed by atoms with Crippen LogP contribution in [-0.4, -0.2) is 32.3 Å². The Kier molecular flexibility index (Phi) is 5.58. The lowest BCUT2D eigenvalue weighted by atomic mass is 9.73. The fraction of sp³-hybridized carbons (Fsp3) is 0.292. The molecular formula is C24H25NO3. The number of amides is 1. The fourth-order valence-electron chi connectivity index (χ4n) is 3.94. The summed E-state index contributed by atoms with van der Waals surface area (Å²) in [7, 11) is 0. The Labute approximate surface area is 165 Å². The number of nitrogens with one attached hydrogen (secondary N) is 1. The SMILES string of the molecule is O=C(NCCOc1cccc2ccccc12)C1(c2ccccc2)CCOCC1. The first-order chi connectivity index (χ1) is 13.8. The summed E-state index contributed by atoms with van der Waals surface area (Å²) in [5.41, 5.74) is 0.546. The van der Waals surface area contributed by atoms with Crippen molar-refractivity contribution in [2.45, 2.75) is 18.3 Å². The molecule has 0 aliphatic carbocycles. The molecule has 4 heteroatoms. The number of hydrogen-bond donors (Lipinski definition) is 1. The lowest BCUT2D eigenvalue weighted by Crippen LogP contribution is -2.48. The van der Waals surface area contributed by atoms with E-state index in [4.69, 9.17) is 9.47 Å². The van der Waals surface area contributed by atoms with Gasteiger partial charge in [0.15, 0.2) is 0 Å². The van der Waals surface area contributed by atoms with Crippen molar-refractivity contribution in [2.24, 2.45) is 0 Å². The molecule has 3 aromatic carbocycles. The first kappa shape index (κ1) is 18.5. The Hall–Kier alpha value is -2.85. The summed E-state index contributed by atoms with van der Waals surface area (Å²) < 4.78 is 11.5. The Morgan fingerprint density at radius 2 is 1.64 bits per heavy atom. The molecule has 1 amide bonds. The number of ether oxygens (including phenoxy) is 2. The van der Waals surface area contributed by atoms with Crippen LogP contribution in [0.4, 0.5) is 0 Å². The highest BCUT2D eigenvalue weighted by atomic mass is 16.5. The highest BCUT2D eigenvalue weighted by molar-refractivity contribution is 5.89. The molecule has 1 aliphatic heterocycles. The van der Waals surface area contributed by atoms with E-state index in [1.807, 2.05) is 54.6 Å². The molecule has 0 saturated carbocycles. The maximum Gasteiger partial charge on any atom is 0.230 e. The monoisotopic (exact) mass is 375 g/mol. The van der Waals surface area contributed by atoms with Gasteiger partial charge in [-0.2, -0.15) is 0 Å². The van der Waals surface area contributed by atoms with Gasteiger partial charge in [-0.1, -0.05) is 66.7 Å². The van der Waals surface area contributed by atoms with Crippen molar-refractivity contribution in [1.82, 2.24) is 5.32 Å². The lowest BCUT2D eigenvalue weighted by Gasteiger charge is -2.36. The zero-order chi connectivity index (χ0) is 19.2. The van der Waals surface area contributed by atoms with Gasteiger partial charge in [0, 0.05) is 18.6 Å². The highest BCUT2D eigenvalue weighted by Crippen LogP contribution is 2.35. The molecule has 1 saturated heterocycles. The average Bonchev–Trinajstić information content (AvgIpc) is 2.77. The van der Waals surface area contributed by atoms with Gasteiger partial charge in [-0.05, 0) is 29.9 Å². The van der Waals surface area contributed by atoms with E-state index in [-0.39, 0.29) is 5.91 Å². The van der Waals surface area contributed by atoms with Crippen molar-refractivity contribution in [3.8, 4) is 5.75 Å². The summed E-state index contributed by atoms with van der Waals surface area (Å²) in [6, 6.07) is 24.2. The predicted octanol–water partition coefficient (Wildman–Crippen LogP) is 4.08. The molecule has 1 N–H and O–H groups in total. The van der Waals surface area contributed by atoms with Crippen molar-refractivity contribution < 1.29 is 14.3 Å². The van der Waals surface area contributed by atoms with Crippen LogP contribution >= 0.6 is 0 Å². The largest absolute Gasteiger partial charge is 0.491 e. The highest BCUT2D eigenvalue weighted by Gasteiger charge is 2.41. The first-order valence-corrected chi connectivity index (χ1v) is 9.82. The zero-order valence-corrected chi connectivity index (χ0v) is 15.9. The number of carbonyl (C=O) groups excluding carboxylic acids is 1. The molecule has 0 atom stereocenters. The molecular weight excluding hydrogens is 350 g/mol. The summed E-state index contributed by atoms with van der Waals surface area (Å²) in [6.07, 6.45) is 1.40. The number of rotatable bonds is 6. The maximum absolute atomic E-state index is 13.1. The molecule has 3 aromatic rings. The van der Waals surface area contributed by atoms with E-state index in [9.17, 15) is 4.79 Å². The maximum atomic E-state index is 13.1. The average molecular weight is 375 g/mol. The Morgan fingerprint density at radius 3 is 2.46 bits per heavy atom. The summed E-state index contributed by atoms with van der Waals surface area (Å²) in [5.74, 6) is 0.903. The molecule has 28 heavy (non-hydrogen) atoms. The molecule has 0 radical (unpaired) electrons. The van der Waals surface area contributed by atoms with Crippen molar-refractivity contribution in [1.29, 1.82) is 0 Å². The fourth-order valence-corrected chi connectivity index (χ4v) is 3.94. The van der Waals surface area contributed by atoms with Gasteiger partial charge in [-0.3, -0.25) is 4.79 Å². The van der Waals surface area contributed by atoms with Gasteiger partial charge in [0.05, 0.1) is 12.0 Å². The topological polar surface area (TPSA) is 47.6 Å². The Balaban J connectivity index is 1.40. The molecule has 144 valence electrons. The Morgan fingerprint density at radius 1 is 0.929 bits per heavy atom. The van der Waals surface area contributed by atoms with Crippen molar-refractivity contribution in [2.75, 3.05) is 26.4 Å². The van der Waals surface area contributed by atoms with Crippen LogP contribution in [0, 0.1) is 0 Å². The van der Waals surface area contributed by atoms with Crippen molar-refractivity contribution in [3.63, 3.8) is 0 Å². The van der Waals surface area contributed by atoms with E-state index in [2.05, 4.69) is 23.5 Å². The molecule has 4 nitrogen and oxygen atoms in total. The van der Waals surface area contributed by atoms with Gasteiger partial charge < -0.3 is 14.8 Å². The third kappa shape index (κ3) is 3.73. The molecule has 0 bridgehead atoms. The number of fused-ring (bicyclic) bond motifs is 1. The predicted molar refractivity (Wildman–Crippen MR) is 111 cm³/mol.